The summed E-state index contributed by atoms with van der Waals surface area (Å²) in [5.41, 5.74) is 1.29. The molecule has 0 fully saturated rings. The van der Waals surface area contributed by atoms with Gasteiger partial charge in [-0.25, -0.2) is 0 Å². The minimum atomic E-state index is 0.437. The lowest BCUT2D eigenvalue weighted by Crippen LogP contribution is -2.03. The first kappa shape index (κ1) is 7.86. The Labute approximate surface area is 66.6 Å². The van der Waals surface area contributed by atoms with Crippen LogP contribution in [0.2, 0.25) is 0 Å². The molecule has 0 bridgehead atoms. The van der Waals surface area contributed by atoms with Crippen LogP contribution in [0.4, 0.5) is 0 Å². The number of hydrogen-bond donors (Lipinski definition) is 0. The summed E-state index contributed by atoms with van der Waals surface area (Å²) >= 11 is 1.88. The number of hydrogen-bond acceptors (Lipinski definition) is 2. The molecule has 0 radical (unpaired) electrons. The summed E-state index contributed by atoms with van der Waals surface area (Å²) in [6.07, 6.45) is 6.27. The maximum atomic E-state index is 4.32. The van der Waals surface area contributed by atoms with Crippen LogP contribution in [0.1, 0.15) is 12.8 Å². The fraction of sp³-hybridized carbons (Fsp3) is 0.625. The molecule has 0 amide bonds. The molecule has 1 heterocycles. The molecule has 0 saturated heterocycles. The van der Waals surface area contributed by atoms with E-state index in [4.69, 9.17) is 0 Å². The van der Waals surface area contributed by atoms with Crippen LogP contribution in [0.25, 0.3) is 0 Å². The van der Waals surface area contributed by atoms with Crippen molar-refractivity contribution in [3.05, 3.63) is 12.2 Å². The summed E-state index contributed by atoms with van der Waals surface area (Å²) in [5, 5.41) is 0. The van der Waals surface area contributed by atoms with E-state index in [1.807, 2.05) is 18.0 Å². The third kappa shape index (κ3) is 1.87. The second kappa shape index (κ2) is 3.81. The van der Waals surface area contributed by atoms with Gasteiger partial charge in [-0.1, -0.05) is 6.58 Å². The van der Waals surface area contributed by atoms with Gasteiger partial charge in [-0.15, -0.1) is 0 Å². The van der Waals surface area contributed by atoms with Crippen molar-refractivity contribution in [2.75, 3.05) is 12.0 Å². The van der Waals surface area contributed by atoms with Gasteiger partial charge < -0.3 is 0 Å². The largest absolute Gasteiger partial charge is 0.289 e. The Balaban J connectivity index is 2.27. The van der Waals surface area contributed by atoms with Crippen LogP contribution in [0.3, 0.4) is 0 Å². The maximum absolute atomic E-state index is 4.32. The Bertz CT molecular complexity index is 151. The van der Waals surface area contributed by atoms with Crippen molar-refractivity contribution in [1.29, 1.82) is 0 Å². The van der Waals surface area contributed by atoms with Crippen molar-refractivity contribution in [2.45, 2.75) is 18.9 Å². The molecule has 0 aromatic heterocycles. The molecule has 0 unspecified atom stereocenters. The lowest BCUT2D eigenvalue weighted by Gasteiger charge is -2.06. The van der Waals surface area contributed by atoms with Gasteiger partial charge in [0.1, 0.15) is 0 Å². The van der Waals surface area contributed by atoms with Crippen LogP contribution in [0, 0.1) is 0 Å². The van der Waals surface area contributed by atoms with Crippen LogP contribution < -0.4 is 0 Å². The second-order valence-corrected chi connectivity index (χ2v) is 3.48. The van der Waals surface area contributed by atoms with Gasteiger partial charge in [-0.2, -0.15) is 11.8 Å². The van der Waals surface area contributed by atoms with Crippen molar-refractivity contribution < 1.29 is 0 Å². The van der Waals surface area contributed by atoms with E-state index in [2.05, 4.69) is 17.8 Å². The quantitative estimate of drug-likeness (QED) is 0.569. The highest BCUT2D eigenvalue weighted by molar-refractivity contribution is 7.98. The van der Waals surface area contributed by atoms with Crippen molar-refractivity contribution in [1.82, 2.24) is 0 Å². The number of aliphatic imine (C=N–C) groups is 1. The highest BCUT2D eigenvalue weighted by Crippen LogP contribution is 2.18. The van der Waals surface area contributed by atoms with Crippen molar-refractivity contribution in [2.24, 2.45) is 4.99 Å². The van der Waals surface area contributed by atoms with Gasteiger partial charge in [0.05, 0.1) is 6.04 Å². The third-order valence-corrected chi connectivity index (χ3v) is 2.35. The third-order valence-electron chi connectivity index (χ3n) is 1.71. The van der Waals surface area contributed by atoms with Crippen molar-refractivity contribution in [3.63, 3.8) is 0 Å². The zero-order chi connectivity index (χ0) is 7.40. The van der Waals surface area contributed by atoms with Gasteiger partial charge in [-0.05, 0) is 24.0 Å². The molecule has 10 heavy (non-hydrogen) atoms. The van der Waals surface area contributed by atoms with Gasteiger partial charge in [0, 0.05) is 12.6 Å². The van der Waals surface area contributed by atoms with Crippen LogP contribution in [-0.2, 0) is 0 Å². The minimum absolute atomic E-state index is 0.437. The molecule has 0 N–H and O–H groups in total. The van der Waals surface area contributed by atoms with Gasteiger partial charge >= 0.3 is 0 Å². The fourth-order valence-electron chi connectivity index (χ4n) is 1.05. The first-order valence-corrected chi connectivity index (χ1v) is 4.92. The van der Waals surface area contributed by atoms with E-state index in [1.54, 1.807) is 0 Å². The summed E-state index contributed by atoms with van der Waals surface area (Å²) < 4.78 is 0. The van der Waals surface area contributed by atoms with Crippen LogP contribution in [0.15, 0.2) is 17.1 Å². The first-order chi connectivity index (χ1) is 4.84. The lowest BCUT2D eigenvalue weighted by atomic mass is 10.1. The molecule has 56 valence electrons. The fourth-order valence-corrected chi connectivity index (χ4v) is 1.51. The SMILES string of the molecule is C=C1CC=N[C@H]1CCSC. The topological polar surface area (TPSA) is 12.4 Å². The average Bonchev–Trinajstić information content (AvgIpc) is 2.31. The second-order valence-electron chi connectivity index (χ2n) is 2.49. The van der Waals surface area contributed by atoms with E-state index in [0.29, 0.717) is 6.04 Å². The van der Waals surface area contributed by atoms with E-state index in [9.17, 15) is 0 Å². The summed E-state index contributed by atoms with van der Waals surface area (Å²) in [4.78, 5) is 4.32. The Morgan fingerprint density at radius 1 is 1.90 bits per heavy atom. The van der Waals surface area contributed by atoms with Gasteiger partial charge in [0.25, 0.3) is 0 Å². The maximum Gasteiger partial charge on any atom is 0.0714 e. The summed E-state index contributed by atoms with van der Waals surface area (Å²) in [5.74, 6) is 1.20. The zero-order valence-electron chi connectivity index (χ0n) is 6.34. The molecule has 0 spiro atoms. The van der Waals surface area contributed by atoms with Crippen LogP contribution in [0.5, 0.6) is 0 Å². The van der Waals surface area contributed by atoms with E-state index in [0.717, 1.165) is 12.8 Å². The number of thioether (sulfide) groups is 1. The molecule has 0 saturated carbocycles. The zero-order valence-corrected chi connectivity index (χ0v) is 7.16. The summed E-state index contributed by atoms with van der Waals surface area (Å²) in [6.45, 7) is 3.95. The Hall–Kier alpha value is -0.240. The Morgan fingerprint density at radius 3 is 3.20 bits per heavy atom. The van der Waals surface area contributed by atoms with Crippen molar-refractivity contribution in [3.8, 4) is 0 Å². The molecule has 1 aliphatic rings. The number of rotatable bonds is 3. The van der Waals surface area contributed by atoms with Gasteiger partial charge in [-0.3, -0.25) is 4.99 Å². The smallest absolute Gasteiger partial charge is 0.0714 e. The molecule has 0 aromatic carbocycles. The Kier molecular flexibility index (Phi) is 3.00. The molecule has 1 aliphatic heterocycles. The standard InChI is InChI=1S/C8H13NS/c1-7-3-5-9-8(7)4-6-10-2/h5,8H,1,3-4,6H2,2H3/t8-/m0/s1. The van der Waals surface area contributed by atoms with Crippen LogP contribution >= 0.6 is 11.8 Å². The molecule has 1 atom stereocenters. The monoisotopic (exact) mass is 155 g/mol. The van der Waals surface area contributed by atoms with Gasteiger partial charge in [0.2, 0.25) is 0 Å². The molecular weight excluding hydrogens is 142 g/mol. The summed E-state index contributed by atoms with van der Waals surface area (Å²) in [7, 11) is 0. The van der Waals surface area contributed by atoms with E-state index in [1.165, 1.54) is 11.3 Å². The minimum Gasteiger partial charge on any atom is -0.289 e. The predicted octanol–water partition coefficient (Wildman–Crippen LogP) is 2.14. The highest BCUT2D eigenvalue weighted by atomic mass is 32.2. The predicted molar refractivity (Wildman–Crippen MR) is 49.0 cm³/mol. The lowest BCUT2D eigenvalue weighted by molar-refractivity contribution is 0.773. The normalized spacial score (nSPS) is 24.1. The summed E-state index contributed by atoms with van der Waals surface area (Å²) in [6, 6.07) is 0.437. The van der Waals surface area contributed by atoms with Crippen LogP contribution in [-0.4, -0.2) is 24.3 Å². The molecule has 2 heteroatoms. The number of nitrogens with zero attached hydrogens (tertiary/aromatic N) is 1. The van der Waals surface area contributed by atoms with E-state index < -0.39 is 0 Å². The highest BCUT2D eigenvalue weighted by Gasteiger charge is 2.13. The average molecular weight is 155 g/mol. The Morgan fingerprint density at radius 2 is 2.70 bits per heavy atom. The van der Waals surface area contributed by atoms with E-state index >= 15 is 0 Å². The molecule has 0 aromatic rings. The van der Waals surface area contributed by atoms with E-state index in [-0.39, 0.29) is 0 Å². The first-order valence-electron chi connectivity index (χ1n) is 3.53. The van der Waals surface area contributed by atoms with Gasteiger partial charge in [0.15, 0.2) is 0 Å². The molecular formula is C8H13NS. The molecule has 0 aliphatic carbocycles. The molecule has 1 rings (SSSR count). The van der Waals surface area contributed by atoms with Crippen molar-refractivity contribution >= 4 is 18.0 Å². The molecule has 1 nitrogen and oxygen atoms in total.